The Kier molecular flexibility index (Phi) is 10.5. The molecule has 1 atom stereocenters. The van der Waals surface area contributed by atoms with E-state index in [1.807, 2.05) is 19.9 Å². The molecule has 0 aliphatic rings. The Labute approximate surface area is 141 Å². The molecular formula is C11H16Cl3N2O2S2-. The Morgan fingerprint density at radius 2 is 2.05 bits per heavy atom. The van der Waals surface area contributed by atoms with Crippen molar-refractivity contribution in [3.05, 3.63) is 8.86 Å². The van der Waals surface area contributed by atoms with E-state index in [0.717, 1.165) is 22.9 Å². The molecule has 0 aliphatic carbocycles. The maximum absolute atomic E-state index is 11.0. The smallest absolute Gasteiger partial charge is 0.131 e. The van der Waals surface area contributed by atoms with E-state index in [9.17, 15) is 8.76 Å². The van der Waals surface area contributed by atoms with Gasteiger partial charge in [-0.15, -0.1) is 11.8 Å². The highest BCUT2D eigenvalue weighted by Crippen LogP contribution is 2.31. The van der Waals surface area contributed by atoms with Crippen molar-refractivity contribution in [3.63, 3.8) is 0 Å². The van der Waals surface area contributed by atoms with E-state index >= 15 is 0 Å². The van der Waals surface area contributed by atoms with Crippen molar-refractivity contribution in [1.29, 1.82) is 5.26 Å². The monoisotopic (exact) mass is 377 g/mol. The highest BCUT2D eigenvalue weighted by Gasteiger charge is 2.22. The molecule has 1 unspecified atom stereocenters. The summed E-state index contributed by atoms with van der Waals surface area (Å²) in [4.78, 5) is 0. The van der Waals surface area contributed by atoms with Crippen molar-refractivity contribution in [1.82, 2.24) is 4.31 Å². The fourth-order valence-electron chi connectivity index (χ4n) is 1.56. The second-order valence-electron chi connectivity index (χ2n) is 4.82. The predicted octanol–water partition coefficient (Wildman–Crippen LogP) is 3.99. The average molecular weight is 379 g/mol. The molecule has 0 aromatic carbocycles. The van der Waals surface area contributed by atoms with Gasteiger partial charge in [0.15, 0.2) is 0 Å². The van der Waals surface area contributed by atoms with Gasteiger partial charge in [0, 0.05) is 17.8 Å². The van der Waals surface area contributed by atoms with Crippen molar-refractivity contribution < 1.29 is 8.76 Å². The third-order valence-electron chi connectivity index (χ3n) is 2.44. The number of hydrogen-bond acceptors (Lipinski definition) is 4. The molecule has 0 aromatic rings. The molecule has 116 valence electrons. The summed E-state index contributed by atoms with van der Waals surface area (Å²) < 4.78 is 23.5. The van der Waals surface area contributed by atoms with Crippen LogP contribution in [0.2, 0.25) is 0 Å². The van der Waals surface area contributed by atoms with Gasteiger partial charge in [0.25, 0.3) is 0 Å². The zero-order valence-electron chi connectivity index (χ0n) is 11.2. The molecule has 20 heavy (non-hydrogen) atoms. The Hall–Kier alpha value is 0.520. The lowest BCUT2D eigenvalue weighted by Gasteiger charge is -2.32. The molecule has 0 fully saturated rings. The number of thioether (sulfide) groups is 1. The highest BCUT2D eigenvalue weighted by molar-refractivity contribution is 8.04. The lowest BCUT2D eigenvalue weighted by Crippen LogP contribution is -2.36. The third-order valence-corrected chi connectivity index (χ3v) is 5.38. The first-order valence-corrected chi connectivity index (χ1v) is 8.89. The highest BCUT2D eigenvalue weighted by atomic mass is 35.5. The maximum atomic E-state index is 11.0. The second-order valence-corrected chi connectivity index (χ2v) is 8.43. The maximum Gasteiger partial charge on any atom is 0.131 e. The largest absolute Gasteiger partial charge is 0.760 e. The van der Waals surface area contributed by atoms with Gasteiger partial charge in [-0.3, -0.25) is 4.21 Å². The number of rotatable bonds is 9. The van der Waals surface area contributed by atoms with E-state index in [0.29, 0.717) is 10.9 Å². The molecule has 4 nitrogen and oxygen atoms in total. The van der Waals surface area contributed by atoms with Gasteiger partial charge in [-0.25, -0.2) is 4.31 Å². The molecule has 0 rings (SSSR count). The van der Waals surface area contributed by atoms with E-state index in [-0.39, 0.29) is 16.5 Å². The van der Waals surface area contributed by atoms with Crippen molar-refractivity contribution in [2.45, 2.75) is 26.7 Å². The summed E-state index contributed by atoms with van der Waals surface area (Å²) in [6, 6.07) is 1.84. The summed E-state index contributed by atoms with van der Waals surface area (Å²) in [5, 5.41) is 8.60. The first kappa shape index (κ1) is 20.5. The molecule has 0 bridgehead atoms. The fraction of sp³-hybridized carbons (Fsp3) is 0.727. The first-order valence-electron chi connectivity index (χ1n) is 5.74. The lowest BCUT2D eigenvalue weighted by molar-refractivity contribution is 0.249. The lowest BCUT2D eigenvalue weighted by atomic mass is 9.88. The normalized spacial score (nSPS) is 13.1. The molecule has 0 aliphatic heterocycles. The quantitative estimate of drug-likeness (QED) is 0.345. The standard InChI is InChI=1S/C11H17Cl3N2O2S2/c1-11(2,8-16(6-5-15)20(17)18)4-3-7-19-10(14)9(12)13/h3-4,6-8H2,1-2H3,(H,17,18)/p-1. The number of nitrogens with zero attached hydrogens (tertiary/aromatic N) is 2. The summed E-state index contributed by atoms with van der Waals surface area (Å²) >= 11 is 15.8. The Morgan fingerprint density at radius 3 is 2.50 bits per heavy atom. The van der Waals surface area contributed by atoms with Gasteiger partial charge in [0.05, 0.1) is 12.6 Å². The van der Waals surface area contributed by atoms with E-state index in [1.54, 1.807) is 0 Å². The van der Waals surface area contributed by atoms with Crippen molar-refractivity contribution in [2.24, 2.45) is 5.41 Å². The van der Waals surface area contributed by atoms with Gasteiger partial charge in [-0.1, -0.05) is 48.7 Å². The van der Waals surface area contributed by atoms with E-state index in [1.165, 1.54) is 11.8 Å². The number of nitriles is 1. The minimum Gasteiger partial charge on any atom is -0.760 e. The topological polar surface area (TPSA) is 67.2 Å². The molecule has 0 aromatic heterocycles. The molecule has 0 amide bonds. The average Bonchev–Trinajstić information content (AvgIpc) is 2.33. The third kappa shape index (κ3) is 9.46. The van der Waals surface area contributed by atoms with Crippen molar-refractivity contribution >= 4 is 57.8 Å². The zero-order valence-corrected chi connectivity index (χ0v) is 15.1. The van der Waals surface area contributed by atoms with Crippen LogP contribution in [-0.4, -0.2) is 31.9 Å². The molecule has 0 N–H and O–H groups in total. The van der Waals surface area contributed by atoms with Gasteiger partial charge < -0.3 is 4.55 Å². The van der Waals surface area contributed by atoms with Gasteiger partial charge >= 0.3 is 0 Å². The van der Waals surface area contributed by atoms with Gasteiger partial charge in [-0.2, -0.15) is 5.26 Å². The van der Waals surface area contributed by atoms with Crippen LogP contribution >= 0.6 is 46.6 Å². The van der Waals surface area contributed by atoms with Crippen LogP contribution in [0, 0.1) is 16.7 Å². The molecule has 0 heterocycles. The Balaban J connectivity index is 4.22. The Morgan fingerprint density at radius 1 is 1.45 bits per heavy atom. The minimum absolute atomic E-state index is 0.0536. The predicted molar refractivity (Wildman–Crippen MR) is 86.2 cm³/mol. The van der Waals surface area contributed by atoms with Crippen LogP contribution in [0.25, 0.3) is 0 Å². The van der Waals surface area contributed by atoms with Crippen LogP contribution < -0.4 is 0 Å². The number of hydrogen-bond donors (Lipinski definition) is 0. The van der Waals surface area contributed by atoms with Crippen LogP contribution in [0.3, 0.4) is 0 Å². The van der Waals surface area contributed by atoms with Gasteiger partial charge in [0.2, 0.25) is 0 Å². The fourth-order valence-corrected chi connectivity index (χ4v) is 3.32. The van der Waals surface area contributed by atoms with Gasteiger partial charge in [-0.05, 0) is 24.0 Å². The summed E-state index contributed by atoms with van der Waals surface area (Å²) in [6.45, 7) is 4.09. The summed E-state index contributed by atoms with van der Waals surface area (Å²) in [5.41, 5.74) is -0.224. The van der Waals surface area contributed by atoms with E-state index < -0.39 is 11.3 Å². The summed E-state index contributed by atoms with van der Waals surface area (Å²) in [6.07, 6.45) is 1.63. The van der Waals surface area contributed by atoms with Crippen LogP contribution in [0.5, 0.6) is 0 Å². The van der Waals surface area contributed by atoms with Gasteiger partial charge in [0.1, 0.15) is 8.86 Å². The van der Waals surface area contributed by atoms with E-state index in [4.69, 9.17) is 40.1 Å². The van der Waals surface area contributed by atoms with Crippen LogP contribution in [-0.2, 0) is 11.3 Å². The summed E-state index contributed by atoms with van der Waals surface area (Å²) in [5.74, 6) is 0.740. The zero-order chi connectivity index (χ0) is 15.8. The van der Waals surface area contributed by atoms with Crippen LogP contribution in [0.4, 0.5) is 0 Å². The minimum atomic E-state index is -2.38. The van der Waals surface area contributed by atoms with Crippen LogP contribution in [0.15, 0.2) is 8.86 Å². The second kappa shape index (κ2) is 10.3. The molecule has 0 saturated heterocycles. The first-order chi connectivity index (χ1) is 9.19. The number of halogens is 3. The molecule has 9 heteroatoms. The van der Waals surface area contributed by atoms with Crippen molar-refractivity contribution in [3.8, 4) is 6.07 Å². The SMILES string of the molecule is CC(C)(CCCSC(Cl)=C(Cl)Cl)CN(CC#N)S(=O)[O-]. The Bertz CT molecular complexity index is 407. The molecule has 0 saturated carbocycles. The summed E-state index contributed by atoms with van der Waals surface area (Å²) in [7, 11) is 0. The molecular weight excluding hydrogens is 363 g/mol. The van der Waals surface area contributed by atoms with Crippen molar-refractivity contribution in [2.75, 3.05) is 18.8 Å². The van der Waals surface area contributed by atoms with E-state index in [2.05, 4.69) is 0 Å². The molecule has 0 radical (unpaired) electrons. The molecule has 0 spiro atoms. The van der Waals surface area contributed by atoms with Crippen LogP contribution in [0.1, 0.15) is 26.7 Å².